The minimum atomic E-state index is 0.0193. The van der Waals surface area contributed by atoms with E-state index in [4.69, 9.17) is 0 Å². The van der Waals surface area contributed by atoms with Crippen LogP contribution >= 0.6 is 11.8 Å². The molecule has 1 aliphatic carbocycles. The zero-order valence-corrected chi connectivity index (χ0v) is 17.9. The fourth-order valence-electron chi connectivity index (χ4n) is 3.87. The van der Waals surface area contributed by atoms with Gasteiger partial charge in [0, 0.05) is 49.4 Å². The number of ketones is 1. The fourth-order valence-corrected chi connectivity index (χ4v) is 5.03. The first-order chi connectivity index (χ1) is 13.3. The Morgan fingerprint density at radius 2 is 1.96 bits per heavy atom. The van der Waals surface area contributed by atoms with Crippen LogP contribution in [0.5, 0.6) is 0 Å². The van der Waals surface area contributed by atoms with Gasteiger partial charge in [-0.05, 0) is 46.5 Å². The zero-order chi connectivity index (χ0) is 20.3. The Hall–Kier alpha value is -2.09. The van der Waals surface area contributed by atoms with Gasteiger partial charge in [0.15, 0.2) is 10.9 Å². The molecule has 2 heterocycles. The third-order valence-corrected chi connectivity index (χ3v) is 6.78. The monoisotopic (exact) mass is 403 g/mol. The van der Waals surface area contributed by atoms with E-state index in [1.807, 2.05) is 45.1 Å². The van der Waals surface area contributed by atoms with Gasteiger partial charge < -0.3 is 9.88 Å². The molecule has 8 heteroatoms. The number of imidazole rings is 1. The molecule has 1 fully saturated rings. The van der Waals surface area contributed by atoms with Crippen LogP contribution < -0.4 is 5.32 Å². The average molecular weight is 404 g/mol. The van der Waals surface area contributed by atoms with Crippen LogP contribution in [0.15, 0.2) is 17.6 Å². The summed E-state index contributed by atoms with van der Waals surface area (Å²) in [6.45, 7) is 5.77. The lowest BCUT2D eigenvalue weighted by atomic mass is 9.95. The van der Waals surface area contributed by atoms with E-state index in [2.05, 4.69) is 20.0 Å². The van der Waals surface area contributed by atoms with Crippen LogP contribution in [0, 0.1) is 13.8 Å². The largest absolute Gasteiger partial charge is 0.353 e. The molecule has 152 valence electrons. The molecule has 1 N–H and O–H groups in total. The van der Waals surface area contributed by atoms with Crippen LogP contribution in [0.4, 0.5) is 0 Å². The summed E-state index contributed by atoms with van der Waals surface area (Å²) in [5, 5.41) is 9.20. The fraction of sp³-hybridized carbons (Fsp3) is 0.600. The maximum absolute atomic E-state index is 12.4. The summed E-state index contributed by atoms with van der Waals surface area (Å²) in [6.07, 6.45) is 8.35. The van der Waals surface area contributed by atoms with E-state index in [0.29, 0.717) is 23.8 Å². The van der Waals surface area contributed by atoms with Crippen molar-refractivity contribution in [3.05, 3.63) is 29.3 Å². The van der Waals surface area contributed by atoms with Crippen LogP contribution in [-0.2, 0) is 18.4 Å². The van der Waals surface area contributed by atoms with Gasteiger partial charge in [0.25, 0.3) is 0 Å². The molecule has 0 aromatic carbocycles. The molecule has 2 aromatic rings. The van der Waals surface area contributed by atoms with Gasteiger partial charge in [-0.25, -0.2) is 4.98 Å². The molecule has 3 rings (SSSR count). The van der Waals surface area contributed by atoms with Gasteiger partial charge >= 0.3 is 0 Å². The van der Waals surface area contributed by atoms with Gasteiger partial charge in [-0.3, -0.25) is 14.3 Å². The van der Waals surface area contributed by atoms with Crippen molar-refractivity contribution in [2.45, 2.75) is 75.9 Å². The van der Waals surface area contributed by atoms with Crippen molar-refractivity contribution in [1.29, 1.82) is 0 Å². The standard InChI is InChI=1S/C20H29N5O2S/c1-13-19(15(3)26)14(2)25(23-13)11-9-18(27)22-16-5-7-17(8-6-16)28-20-21-10-12-24(20)4/h10,12,16-17H,5-9,11H2,1-4H3,(H,22,27). The molecule has 0 spiro atoms. The Labute approximate surface area is 170 Å². The van der Waals surface area contributed by atoms with Crippen molar-refractivity contribution in [1.82, 2.24) is 24.6 Å². The van der Waals surface area contributed by atoms with E-state index in [1.165, 1.54) is 0 Å². The second kappa shape index (κ2) is 8.94. The molecule has 0 radical (unpaired) electrons. The number of Topliss-reactive ketones (excluding diaryl/α,β-unsaturated/α-hetero) is 1. The first kappa shape index (κ1) is 20.6. The maximum atomic E-state index is 12.4. The van der Waals surface area contributed by atoms with Gasteiger partial charge in [-0.1, -0.05) is 11.8 Å². The number of carbonyl (C=O) groups is 2. The van der Waals surface area contributed by atoms with Gasteiger partial charge in [0.05, 0.1) is 11.3 Å². The predicted octanol–water partition coefficient (Wildman–Crippen LogP) is 3.05. The van der Waals surface area contributed by atoms with E-state index < -0.39 is 0 Å². The van der Waals surface area contributed by atoms with Crippen molar-refractivity contribution in [2.24, 2.45) is 7.05 Å². The number of thioether (sulfide) groups is 1. The lowest BCUT2D eigenvalue weighted by molar-refractivity contribution is -0.122. The molecule has 1 amide bonds. The van der Waals surface area contributed by atoms with Gasteiger partial charge in [-0.15, -0.1) is 0 Å². The number of carbonyl (C=O) groups excluding carboxylic acids is 2. The molecule has 2 aromatic heterocycles. The smallest absolute Gasteiger partial charge is 0.222 e. The lowest BCUT2D eigenvalue weighted by Gasteiger charge is -2.28. The zero-order valence-electron chi connectivity index (χ0n) is 17.1. The molecule has 7 nitrogen and oxygen atoms in total. The SMILES string of the molecule is CC(=O)c1c(C)nn(CCC(=O)NC2CCC(Sc3nccn3C)CC2)c1C. The van der Waals surface area contributed by atoms with Crippen molar-refractivity contribution >= 4 is 23.5 Å². The number of aryl methyl sites for hydroxylation is 3. The highest BCUT2D eigenvalue weighted by Gasteiger charge is 2.24. The number of nitrogens with zero attached hydrogens (tertiary/aromatic N) is 4. The van der Waals surface area contributed by atoms with E-state index in [0.717, 1.165) is 42.2 Å². The highest BCUT2D eigenvalue weighted by atomic mass is 32.2. The second-order valence-electron chi connectivity index (χ2n) is 7.55. The van der Waals surface area contributed by atoms with Crippen molar-refractivity contribution in [3.8, 4) is 0 Å². The van der Waals surface area contributed by atoms with E-state index in [1.54, 1.807) is 11.6 Å². The summed E-state index contributed by atoms with van der Waals surface area (Å²) < 4.78 is 3.82. The number of rotatable bonds is 7. The Kier molecular flexibility index (Phi) is 6.59. The van der Waals surface area contributed by atoms with Crippen molar-refractivity contribution in [2.75, 3.05) is 0 Å². The molecule has 0 unspecified atom stereocenters. The summed E-state index contributed by atoms with van der Waals surface area (Å²) in [5.74, 6) is 0.0722. The molecule has 0 saturated heterocycles. The topological polar surface area (TPSA) is 81.8 Å². The third kappa shape index (κ3) is 4.84. The van der Waals surface area contributed by atoms with Crippen LogP contribution in [0.1, 0.15) is 60.8 Å². The molecule has 1 saturated carbocycles. The van der Waals surface area contributed by atoms with Crippen LogP contribution in [-0.4, -0.2) is 42.3 Å². The minimum absolute atomic E-state index is 0.0193. The van der Waals surface area contributed by atoms with Crippen LogP contribution in [0.2, 0.25) is 0 Å². The quantitative estimate of drug-likeness (QED) is 0.719. The van der Waals surface area contributed by atoms with Crippen molar-refractivity contribution in [3.63, 3.8) is 0 Å². The molecule has 0 bridgehead atoms. The maximum Gasteiger partial charge on any atom is 0.222 e. The molecular formula is C20H29N5O2S. The van der Waals surface area contributed by atoms with Crippen LogP contribution in [0.3, 0.4) is 0 Å². The van der Waals surface area contributed by atoms with E-state index in [-0.39, 0.29) is 17.7 Å². The molecule has 1 aliphatic rings. The number of aromatic nitrogens is 4. The highest BCUT2D eigenvalue weighted by Crippen LogP contribution is 2.32. The number of hydrogen-bond acceptors (Lipinski definition) is 5. The van der Waals surface area contributed by atoms with Crippen molar-refractivity contribution < 1.29 is 9.59 Å². The van der Waals surface area contributed by atoms with E-state index >= 15 is 0 Å². The normalized spacial score (nSPS) is 19.6. The Morgan fingerprint density at radius 1 is 1.25 bits per heavy atom. The van der Waals surface area contributed by atoms with E-state index in [9.17, 15) is 9.59 Å². The Balaban J connectivity index is 1.43. The molecule has 0 atom stereocenters. The summed E-state index contributed by atoms with van der Waals surface area (Å²) in [4.78, 5) is 28.5. The average Bonchev–Trinajstić information content (AvgIpc) is 3.17. The second-order valence-corrected chi connectivity index (χ2v) is 8.82. The molecular weight excluding hydrogens is 374 g/mol. The van der Waals surface area contributed by atoms with Gasteiger partial charge in [0.2, 0.25) is 5.91 Å². The highest BCUT2D eigenvalue weighted by molar-refractivity contribution is 7.99. The lowest BCUT2D eigenvalue weighted by Crippen LogP contribution is -2.38. The number of hydrogen-bond donors (Lipinski definition) is 1. The summed E-state index contributed by atoms with van der Waals surface area (Å²) in [6, 6.07) is 0.249. The summed E-state index contributed by atoms with van der Waals surface area (Å²) >= 11 is 1.83. The Bertz CT molecular complexity index is 849. The van der Waals surface area contributed by atoms with Crippen LogP contribution in [0.25, 0.3) is 0 Å². The Morgan fingerprint density at radius 3 is 2.54 bits per heavy atom. The van der Waals surface area contributed by atoms with Gasteiger partial charge in [0.1, 0.15) is 0 Å². The number of nitrogens with one attached hydrogen (secondary N) is 1. The number of amides is 1. The summed E-state index contributed by atoms with van der Waals surface area (Å²) in [5.41, 5.74) is 2.24. The third-order valence-electron chi connectivity index (χ3n) is 5.37. The predicted molar refractivity (Wildman–Crippen MR) is 110 cm³/mol. The molecule has 28 heavy (non-hydrogen) atoms. The van der Waals surface area contributed by atoms with Gasteiger partial charge in [-0.2, -0.15) is 5.10 Å². The summed E-state index contributed by atoms with van der Waals surface area (Å²) in [7, 11) is 2.02. The molecule has 0 aliphatic heterocycles. The minimum Gasteiger partial charge on any atom is -0.353 e. The first-order valence-electron chi connectivity index (χ1n) is 9.83. The first-order valence-corrected chi connectivity index (χ1v) is 10.7.